The first-order chi connectivity index (χ1) is 12.6. The fraction of sp³-hybridized carbons (Fsp3) is 0.238. The van der Waals surface area contributed by atoms with Crippen LogP contribution in [0.2, 0.25) is 0 Å². The van der Waals surface area contributed by atoms with Gasteiger partial charge in [-0.1, -0.05) is 42.1 Å². The Morgan fingerprint density at radius 2 is 1.96 bits per heavy atom. The number of nitrogens with zero attached hydrogens (tertiary/aromatic N) is 1. The number of ether oxygens (including phenoxy) is 2. The van der Waals surface area contributed by atoms with Crippen LogP contribution in [0.25, 0.3) is 22.0 Å². The smallest absolute Gasteiger partial charge is 0.319 e. The maximum Gasteiger partial charge on any atom is 0.319 e. The van der Waals surface area contributed by atoms with E-state index in [1.807, 2.05) is 43.3 Å². The van der Waals surface area contributed by atoms with Crippen LogP contribution < -0.4 is 4.74 Å². The van der Waals surface area contributed by atoms with Crippen molar-refractivity contribution in [2.24, 2.45) is 0 Å². The van der Waals surface area contributed by atoms with Gasteiger partial charge < -0.3 is 9.47 Å². The van der Waals surface area contributed by atoms with Gasteiger partial charge in [0.25, 0.3) is 0 Å². The van der Waals surface area contributed by atoms with Crippen molar-refractivity contribution in [1.82, 2.24) is 4.98 Å². The van der Waals surface area contributed by atoms with Gasteiger partial charge in [-0.2, -0.15) is 0 Å². The molecule has 0 saturated carbocycles. The van der Waals surface area contributed by atoms with Crippen molar-refractivity contribution in [1.29, 1.82) is 0 Å². The molecule has 1 fully saturated rings. The average molecular weight is 365 g/mol. The van der Waals surface area contributed by atoms with Gasteiger partial charge in [-0.15, -0.1) is 0 Å². The third-order valence-corrected chi connectivity index (χ3v) is 5.59. The van der Waals surface area contributed by atoms with Crippen LogP contribution in [-0.2, 0) is 9.53 Å². The molecule has 0 amide bonds. The summed E-state index contributed by atoms with van der Waals surface area (Å²) in [6.45, 7) is 1.92. The molecule has 3 aromatic rings. The van der Waals surface area contributed by atoms with E-state index in [1.54, 1.807) is 7.11 Å². The second-order valence-electron chi connectivity index (χ2n) is 6.35. The van der Waals surface area contributed by atoms with Gasteiger partial charge >= 0.3 is 5.97 Å². The van der Waals surface area contributed by atoms with E-state index in [9.17, 15) is 4.79 Å². The Hall–Kier alpha value is -2.53. The minimum atomic E-state index is -0.204. The molecule has 132 valence electrons. The summed E-state index contributed by atoms with van der Waals surface area (Å²) < 4.78 is 10.6. The zero-order valence-corrected chi connectivity index (χ0v) is 15.5. The molecule has 1 aromatic heterocycles. The molecule has 1 aliphatic rings. The molecule has 2 unspecified atom stereocenters. The third kappa shape index (κ3) is 3.27. The number of hydrogen-bond acceptors (Lipinski definition) is 5. The van der Waals surface area contributed by atoms with E-state index in [0.29, 0.717) is 6.42 Å². The summed E-state index contributed by atoms with van der Waals surface area (Å²) in [4.78, 5) is 16.8. The van der Waals surface area contributed by atoms with Crippen molar-refractivity contribution in [3.05, 3.63) is 54.6 Å². The molecule has 0 aliphatic carbocycles. The fourth-order valence-electron chi connectivity index (χ4n) is 3.19. The van der Waals surface area contributed by atoms with E-state index in [2.05, 4.69) is 18.2 Å². The number of benzene rings is 2. The number of rotatable bonds is 4. The Bertz CT molecular complexity index is 958. The highest BCUT2D eigenvalue weighted by Crippen LogP contribution is 2.37. The van der Waals surface area contributed by atoms with E-state index >= 15 is 0 Å². The molecule has 2 heterocycles. The van der Waals surface area contributed by atoms with E-state index in [1.165, 1.54) is 11.8 Å². The van der Waals surface area contributed by atoms with E-state index in [4.69, 9.17) is 14.5 Å². The standard InChI is InChI=1S/C21H19NO3S/c1-13-10-19(21(23)25-13)26-20-12-17(14-6-4-3-5-7-14)16-9-8-15(24-2)11-18(16)22-20/h3-9,11-13,19H,10H2,1-2H3. The number of esters is 1. The summed E-state index contributed by atoms with van der Waals surface area (Å²) in [7, 11) is 1.65. The largest absolute Gasteiger partial charge is 0.497 e. The number of methoxy groups -OCH3 is 1. The van der Waals surface area contributed by atoms with Crippen LogP contribution in [0.5, 0.6) is 5.75 Å². The lowest BCUT2D eigenvalue weighted by Crippen LogP contribution is -2.09. The van der Waals surface area contributed by atoms with Gasteiger partial charge in [-0.05, 0) is 36.2 Å². The molecule has 0 N–H and O–H groups in total. The molecule has 5 heteroatoms. The Morgan fingerprint density at radius 1 is 1.15 bits per heavy atom. The SMILES string of the molecule is COc1ccc2c(-c3ccccc3)cc(SC3CC(C)OC3=O)nc2c1. The Morgan fingerprint density at radius 3 is 2.65 bits per heavy atom. The van der Waals surface area contributed by atoms with Crippen molar-refractivity contribution >= 4 is 28.6 Å². The van der Waals surface area contributed by atoms with Gasteiger partial charge in [-0.3, -0.25) is 4.79 Å². The zero-order chi connectivity index (χ0) is 18.1. The van der Waals surface area contributed by atoms with Crippen molar-refractivity contribution in [3.8, 4) is 16.9 Å². The van der Waals surface area contributed by atoms with Crippen LogP contribution in [0.15, 0.2) is 59.6 Å². The van der Waals surface area contributed by atoms with Crippen LogP contribution in [0, 0.1) is 0 Å². The molecular formula is C21H19NO3S. The molecule has 2 aromatic carbocycles. The average Bonchev–Trinajstić information content (AvgIpc) is 2.98. The topological polar surface area (TPSA) is 48.4 Å². The van der Waals surface area contributed by atoms with Gasteiger partial charge in [0.05, 0.1) is 17.7 Å². The van der Waals surface area contributed by atoms with Crippen LogP contribution >= 0.6 is 11.8 Å². The number of aromatic nitrogens is 1. The lowest BCUT2D eigenvalue weighted by atomic mass is 10.0. The second-order valence-corrected chi connectivity index (χ2v) is 7.57. The van der Waals surface area contributed by atoms with Crippen molar-refractivity contribution < 1.29 is 14.3 Å². The molecule has 1 saturated heterocycles. The number of pyridine rings is 1. The van der Waals surface area contributed by atoms with Crippen LogP contribution in [0.3, 0.4) is 0 Å². The highest BCUT2D eigenvalue weighted by molar-refractivity contribution is 8.00. The normalized spacial score (nSPS) is 19.5. The fourth-order valence-corrected chi connectivity index (χ4v) is 4.34. The predicted octanol–water partition coefficient (Wildman–Crippen LogP) is 4.71. The molecular weight excluding hydrogens is 346 g/mol. The Labute approximate surface area is 156 Å². The van der Waals surface area contributed by atoms with Gasteiger partial charge in [0.2, 0.25) is 0 Å². The van der Waals surface area contributed by atoms with Gasteiger partial charge in [0, 0.05) is 17.9 Å². The second kappa shape index (κ2) is 7.00. The van der Waals surface area contributed by atoms with Crippen LogP contribution in [0.1, 0.15) is 13.3 Å². The zero-order valence-electron chi connectivity index (χ0n) is 14.6. The summed E-state index contributed by atoms with van der Waals surface area (Å²) in [6.07, 6.45) is 0.677. The maximum atomic E-state index is 12.0. The Balaban J connectivity index is 1.81. The molecule has 26 heavy (non-hydrogen) atoms. The van der Waals surface area contributed by atoms with Gasteiger partial charge in [-0.25, -0.2) is 4.98 Å². The molecule has 4 rings (SSSR count). The maximum absolute atomic E-state index is 12.0. The quantitative estimate of drug-likeness (QED) is 0.627. The summed E-state index contributed by atoms with van der Waals surface area (Å²) in [6, 6.07) is 18.2. The van der Waals surface area contributed by atoms with Crippen LogP contribution in [-0.4, -0.2) is 29.4 Å². The van der Waals surface area contributed by atoms with Crippen LogP contribution in [0.4, 0.5) is 0 Å². The first kappa shape index (κ1) is 16.9. The molecule has 4 nitrogen and oxygen atoms in total. The molecule has 1 aliphatic heterocycles. The minimum Gasteiger partial charge on any atom is -0.497 e. The summed E-state index contributed by atoms with van der Waals surface area (Å²) in [5.74, 6) is 0.608. The lowest BCUT2D eigenvalue weighted by molar-refractivity contribution is -0.140. The van der Waals surface area contributed by atoms with Crippen molar-refractivity contribution in [2.75, 3.05) is 7.11 Å². The van der Waals surface area contributed by atoms with E-state index in [0.717, 1.165) is 32.8 Å². The minimum absolute atomic E-state index is 0.0332. The summed E-state index contributed by atoms with van der Waals surface area (Å²) in [5.41, 5.74) is 3.07. The number of thioether (sulfide) groups is 1. The molecule has 0 radical (unpaired) electrons. The first-order valence-electron chi connectivity index (χ1n) is 8.55. The number of fused-ring (bicyclic) bond motifs is 1. The monoisotopic (exact) mass is 365 g/mol. The highest BCUT2D eigenvalue weighted by Gasteiger charge is 2.33. The summed E-state index contributed by atoms with van der Waals surface area (Å²) in [5, 5.41) is 1.67. The number of hydrogen-bond donors (Lipinski definition) is 0. The van der Waals surface area contributed by atoms with Crippen molar-refractivity contribution in [3.63, 3.8) is 0 Å². The van der Waals surface area contributed by atoms with Gasteiger partial charge in [0.1, 0.15) is 17.1 Å². The number of carbonyl (C=O) groups is 1. The molecule has 0 spiro atoms. The molecule has 0 bridgehead atoms. The van der Waals surface area contributed by atoms with E-state index in [-0.39, 0.29) is 17.3 Å². The first-order valence-corrected chi connectivity index (χ1v) is 9.43. The highest BCUT2D eigenvalue weighted by atomic mass is 32.2. The van der Waals surface area contributed by atoms with E-state index < -0.39 is 0 Å². The summed E-state index contributed by atoms with van der Waals surface area (Å²) >= 11 is 1.47. The Kier molecular flexibility index (Phi) is 4.55. The lowest BCUT2D eigenvalue weighted by Gasteiger charge is -2.12. The number of carbonyl (C=O) groups excluding carboxylic acids is 1. The third-order valence-electron chi connectivity index (χ3n) is 4.47. The van der Waals surface area contributed by atoms with Gasteiger partial charge in [0.15, 0.2) is 0 Å². The van der Waals surface area contributed by atoms with Crippen molar-refractivity contribution in [2.45, 2.75) is 29.7 Å². The molecule has 2 atom stereocenters. The number of cyclic esters (lactones) is 1. The predicted molar refractivity (Wildman–Crippen MR) is 104 cm³/mol.